The summed E-state index contributed by atoms with van der Waals surface area (Å²) in [5.41, 5.74) is 2.16. The second-order valence-electron chi connectivity index (χ2n) is 7.65. The molecule has 25 heavy (non-hydrogen) atoms. The van der Waals surface area contributed by atoms with Crippen LogP contribution < -0.4 is 10.2 Å². The maximum Gasteiger partial charge on any atom is 0.227 e. The number of rotatable bonds is 5. The van der Waals surface area contributed by atoms with Crippen LogP contribution in [0, 0.1) is 5.92 Å². The van der Waals surface area contributed by atoms with Crippen molar-refractivity contribution in [2.24, 2.45) is 5.92 Å². The molecule has 0 unspecified atom stereocenters. The molecule has 3 fully saturated rings. The summed E-state index contributed by atoms with van der Waals surface area (Å²) in [6, 6.07) is 9.10. The van der Waals surface area contributed by atoms with E-state index in [0.29, 0.717) is 13.0 Å². The molecule has 1 aromatic carbocycles. The summed E-state index contributed by atoms with van der Waals surface area (Å²) in [6.07, 6.45) is 4.96. The number of hydrogen-bond acceptors (Lipinski definition) is 3. The third-order valence-corrected chi connectivity index (χ3v) is 5.78. The number of likely N-dealkylation sites (tertiary alicyclic amines) is 1. The Hall–Kier alpha value is -1.88. The SMILES string of the molecule is CCc1ccc(N2C[C@@H](C(=O)N[C@@H]3CCN(C4CC4)C3)CC2=O)cc1. The zero-order valence-corrected chi connectivity index (χ0v) is 14.9. The zero-order valence-electron chi connectivity index (χ0n) is 14.9. The first-order valence-electron chi connectivity index (χ1n) is 9.57. The fourth-order valence-electron chi connectivity index (χ4n) is 4.04. The maximum atomic E-state index is 12.6. The highest BCUT2D eigenvalue weighted by atomic mass is 16.2. The predicted molar refractivity (Wildman–Crippen MR) is 97.4 cm³/mol. The molecule has 1 N–H and O–H groups in total. The van der Waals surface area contributed by atoms with E-state index in [9.17, 15) is 9.59 Å². The Bertz CT molecular complexity index is 653. The summed E-state index contributed by atoms with van der Waals surface area (Å²) in [5.74, 6) is -0.132. The van der Waals surface area contributed by atoms with Crippen LogP contribution in [-0.4, -0.2) is 48.4 Å². The summed E-state index contributed by atoms with van der Waals surface area (Å²) in [7, 11) is 0. The van der Waals surface area contributed by atoms with E-state index in [1.165, 1.54) is 18.4 Å². The van der Waals surface area contributed by atoms with Crippen LogP contribution in [0.2, 0.25) is 0 Å². The molecule has 0 spiro atoms. The normalized spacial score (nSPS) is 27.1. The van der Waals surface area contributed by atoms with Gasteiger partial charge in [0.05, 0.1) is 5.92 Å². The highest BCUT2D eigenvalue weighted by Crippen LogP contribution is 2.30. The quantitative estimate of drug-likeness (QED) is 0.891. The van der Waals surface area contributed by atoms with Gasteiger partial charge in [-0.1, -0.05) is 19.1 Å². The largest absolute Gasteiger partial charge is 0.352 e. The van der Waals surface area contributed by atoms with Gasteiger partial charge in [0.25, 0.3) is 0 Å². The highest BCUT2D eigenvalue weighted by molar-refractivity contribution is 6.00. The minimum atomic E-state index is -0.228. The number of anilines is 1. The van der Waals surface area contributed by atoms with Crippen molar-refractivity contribution in [3.05, 3.63) is 29.8 Å². The Balaban J connectivity index is 1.33. The van der Waals surface area contributed by atoms with Gasteiger partial charge in [-0.25, -0.2) is 0 Å². The first kappa shape index (κ1) is 16.6. The number of carbonyl (C=O) groups excluding carboxylic acids is 2. The van der Waals surface area contributed by atoms with E-state index in [0.717, 1.165) is 37.7 Å². The lowest BCUT2D eigenvalue weighted by molar-refractivity contribution is -0.126. The lowest BCUT2D eigenvalue weighted by atomic mass is 10.1. The minimum Gasteiger partial charge on any atom is -0.352 e. The fourth-order valence-corrected chi connectivity index (χ4v) is 4.04. The second-order valence-corrected chi connectivity index (χ2v) is 7.65. The molecule has 5 heteroatoms. The average Bonchev–Trinajstić information content (AvgIpc) is 3.25. The summed E-state index contributed by atoms with van der Waals surface area (Å²) >= 11 is 0. The van der Waals surface area contributed by atoms with Crippen molar-refractivity contribution in [2.75, 3.05) is 24.5 Å². The van der Waals surface area contributed by atoms with E-state index >= 15 is 0 Å². The Morgan fingerprint density at radius 2 is 1.92 bits per heavy atom. The molecule has 134 valence electrons. The van der Waals surface area contributed by atoms with E-state index in [1.54, 1.807) is 4.90 Å². The standard InChI is InChI=1S/C20H27N3O2/c1-2-14-3-5-18(6-4-14)23-12-15(11-19(23)24)20(25)21-16-9-10-22(13-16)17-7-8-17/h3-6,15-17H,2,7-13H2,1H3,(H,21,25)/t15-,16+/m0/s1. The molecule has 0 bridgehead atoms. The molecule has 2 atom stereocenters. The van der Waals surface area contributed by atoms with E-state index in [1.807, 2.05) is 12.1 Å². The van der Waals surface area contributed by atoms with Crippen molar-refractivity contribution in [1.29, 1.82) is 0 Å². The van der Waals surface area contributed by atoms with Crippen molar-refractivity contribution in [3.63, 3.8) is 0 Å². The van der Waals surface area contributed by atoms with E-state index in [4.69, 9.17) is 0 Å². The molecule has 1 aromatic rings. The van der Waals surface area contributed by atoms with Crippen molar-refractivity contribution in [2.45, 2.75) is 51.1 Å². The van der Waals surface area contributed by atoms with Crippen LogP contribution in [-0.2, 0) is 16.0 Å². The average molecular weight is 341 g/mol. The van der Waals surface area contributed by atoms with Crippen molar-refractivity contribution in [3.8, 4) is 0 Å². The Morgan fingerprint density at radius 3 is 2.60 bits per heavy atom. The van der Waals surface area contributed by atoms with E-state index < -0.39 is 0 Å². The molecule has 2 saturated heterocycles. The smallest absolute Gasteiger partial charge is 0.227 e. The van der Waals surface area contributed by atoms with Crippen LogP contribution in [0.15, 0.2) is 24.3 Å². The van der Waals surface area contributed by atoms with E-state index in [2.05, 4.69) is 29.3 Å². The maximum absolute atomic E-state index is 12.6. The topological polar surface area (TPSA) is 52.7 Å². The molecule has 3 aliphatic rings. The third kappa shape index (κ3) is 3.56. The first-order valence-corrected chi connectivity index (χ1v) is 9.57. The van der Waals surface area contributed by atoms with Crippen LogP contribution >= 0.6 is 0 Å². The summed E-state index contributed by atoms with van der Waals surface area (Å²) in [5, 5.41) is 3.18. The molecule has 5 nitrogen and oxygen atoms in total. The number of benzene rings is 1. The van der Waals surface area contributed by atoms with Crippen molar-refractivity contribution in [1.82, 2.24) is 10.2 Å². The van der Waals surface area contributed by atoms with E-state index in [-0.39, 0.29) is 23.8 Å². The minimum absolute atomic E-state index is 0.0451. The number of hydrogen-bond donors (Lipinski definition) is 1. The van der Waals surface area contributed by atoms with Crippen LogP contribution in [0.5, 0.6) is 0 Å². The number of nitrogens with zero attached hydrogens (tertiary/aromatic N) is 2. The number of carbonyl (C=O) groups is 2. The molecule has 2 aliphatic heterocycles. The summed E-state index contributed by atoms with van der Waals surface area (Å²) in [4.78, 5) is 29.2. The van der Waals surface area contributed by atoms with Gasteiger partial charge >= 0.3 is 0 Å². The van der Waals surface area contributed by atoms with Gasteiger partial charge in [0.1, 0.15) is 0 Å². The van der Waals surface area contributed by atoms with Gasteiger partial charge in [-0.15, -0.1) is 0 Å². The van der Waals surface area contributed by atoms with Crippen LogP contribution in [0.4, 0.5) is 5.69 Å². The molecule has 2 amide bonds. The molecular formula is C20H27N3O2. The zero-order chi connectivity index (χ0) is 17.4. The Kier molecular flexibility index (Phi) is 4.50. The first-order chi connectivity index (χ1) is 12.1. The number of amides is 2. The van der Waals surface area contributed by atoms with Crippen LogP contribution in [0.1, 0.15) is 38.2 Å². The number of nitrogens with one attached hydrogen (secondary N) is 1. The van der Waals surface area contributed by atoms with Crippen LogP contribution in [0.3, 0.4) is 0 Å². The van der Waals surface area contributed by atoms with Gasteiger partial charge in [-0.05, 0) is 43.4 Å². The molecule has 0 radical (unpaired) electrons. The van der Waals surface area contributed by atoms with Gasteiger partial charge in [0, 0.05) is 43.8 Å². The second kappa shape index (κ2) is 6.79. The number of aryl methyl sites for hydroxylation is 1. The Morgan fingerprint density at radius 1 is 1.16 bits per heavy atom. The molecule has 1 saturated carbocycles. The Labute approximate surface area is 149 Å². The molecule has 0 aromatic heterocycles. The van der Waals surface area contributed by atoms with Gasteiger partial charge in [0.15, 0.2) is 0 Å². The molecule has 1 aliphatic carbocycles. The molecule has 2 heterocycles. The molecular weight excluding hydrogens is 314 g/mol. The lowest BCUT2D eigenvalue weighted by Gasteiger charge is -2.19. The summed E-state index contributed by atoms with van der Waals surface area (Å²) < 4.78 is 0. The fraction of sp³-hybridized carbons (Fsp3) is 0.600. The van der Waals surface area contributed by atoms with Gasteiger partial charge in [-0.3, -0.25) is 14.5 Å². The van der Waals surface area contributed by atoms with Crippen LogP contribution in [0.25, 0.3) is 0 Å². The molecule has 4 rings (SSSR count). The monoisotopic (exact) mass is 341 g/mol. The van der Waals surface area contributed by atoms with Crippen molar-refractivity contribution < 1.29 is 9.59 Å². The summed E-state index contributed by atoms with van der Waals surface area (Å²) in [6.45, 7) is 4.67. The van der Waals surface area contributed by atoms with Gasteiger partial charge in [0.2, 0.25) is 11.8 Å². The van der Waals surface area contributed by atoms with Gasteiger partial charge in [-0.2, -0.15) is 0 Å². The predicted octanol–water partition coefficient (Wildman–Crippen LogP) is 1.95. The van der Waals surface area contributed by atoms with Crippen molar-refractivity contribution >= 4 is 17.5 Å². The third-order valence-electron chi connectivity index (χ3n) is 5.78. The highest BCUT2D eigenvalue weighted by Gasteiger charge is 2.38. The lowest BCUT2D eigenvalue weighted by Crippen LogP contribution is -2.41. The van der Waals surface area contributed by atoms with Gasteiger partial charge < -0.3 is 10.2 Å².